The Labute approximate surface area is 122 Å². The van der Waals surface area contributed by atoms with E-state index in [1.54, 1.807) is 0 Å². The van der Waals surface area contributed by atoms with Crippen molar-refractivity contribution >= 4 is 34.4 Å². The molecule has 2 aliphatic rings. The molecule has 2 N–H and O–H groups in total. The van der Waals surface area contributed by atoms with Gasteiger partial charge in [0.25, 0.3) is 0 Å². The Morgan fingerprint density at radius 3 is 2.33 bits per heavy atom. The van der Waals surface area contributed by atoms with Crippen LogP contribution < -0.4 is 10.6 Å². The lowest BCUT2D eigenvalue weighted by molar-refractivity contribution is 0.726. The van der Waals surface area contributed by atoms with Crippen molar-refractivity contribution < 1.29 is 0 Å². The van der Waals surface area contributed by atoms with Crippen LogP contribution in [0.2, 0.25) is 0 Å². The van der Waals surface area contributed by atoms with Crippen LogP contribution in [0.15, 0.2) is 0 Å². The second-order valence-corrected chi connectivity index (χ2v) is 6.36. The largest absolute Gasteiger partial charge is 0.383 e. The van der Waals surface area contributed by atoms with Crippen LogP contribution in [0.3, 0.4) is 0 Å². The summed E-state index contributed by atoms with van der Waals surface area (Å²) >= 11 is 2.29. The van der Waals surface area contributed by atoms with Crippen LogP contribution >= 0.6 is 22.6 Å². The van der Waals surface area contributed by atoms with Crippen LogP contribution in [0.5, 0.6) is 0 Å². The summed E-state index contributed by atoms with van der Waals surface area (Å²) in [5.74, 6) is 2.15. The summed E-state index contributed by atoms with van der Waals surface area (Å²) < 4.78 is 1.06. The summed E-state index contributed by atoms with van der Waals surface area (Å²) in [6.07, 6.45) is 7.65. The van der Waals surface area contributed by atoms with E-state index in [0.29, 0.717) is 11.7 Å². The topological polar surface area (TPSA) is 55.0 Å². The van der Waals surface area contributed by atoms with E-state index < -0.39 is 0 Å². The lowest BCUT2D eigenvalue weighted by Crippen LogP contribution is -2.27. The number of nitrogens with zero attached hydrogens (tertiary/aromatic N) is 3. The first kappa shape index (κ1) is 12.4. The van der Waals surface area contributed by atoms with Gasteiger partial charge in [-0.2, -0.15) is 4.98 Å². The molecule has 0 atom stereocenters. The fourth-order valence-electron chi connectivity index (χ4n) is 2.51. The Hall–Kier alpha value is -0.590. The van der Waals surface area contributed by atoms with Crippen molar-refractivity contribution in [3.05, 3.63) is 9.26 Å². The van der Waals surface area contributed by atoms with Crippen LogP contribution in [0.4, 0.5) is 11.8 Å². The molecule has 2 fully saturated rings. The number of hydrogen-bond donors (Lipinski definition) is 1. The minimum Gasteiger partial charge on any atom is -0.383 e. The van der Waals surface area contributed by atoms with Crippen LogP contribution in [-0.4, -0.2) is 23.1 Å². The number of halogens is 1. The molecule has 4 nitrogen and oxygen atoms in total. The molecule has 3 rings (SSSR count). The zero-order valence-electron chi connectivity index (χ0n) is 10.5. The molecule has 0 radical (unpaired) electrons. The van der Waals surface area contributed by atoms with Crippen molar-refractivity contribution in [3.63, 3.8) is 0 Å². The molecule has 0 bridgehead atoms. The molecular formula is C13H19IN4. The predicted molar refractivity (Wildman–Crippen MR) is 81.8 cm³/mol. The predicted octanol–water partition coefficient (Wildman–Crippen LogP) is 2.92. The molecule has 98 valence electrons. The summed E-state index contributed by atoms with van der Waals surface area (Å²) in [7, 11) is 0. The van der Waals surface area contributed by atoms with E-state index in [9.17, 15) is 0 Å². The van der Waals surface area contributed by atoms with E-state index in [1.807, 2.05) is 0 Å². The lowest BCUT2D eigenvalue weighted by Gasteiger charge is -2.21. The Kier molecular flexibility index (Phi) is 3.59. The van der Waals surface area contributed by atoms with Gasteiger partial charge in [0, 0.05) is 19.0 Å². The molecule has 1 aromatic rings. The van der Waals surface area contributed by atoms with Gasteiger partial charge in [-0.1, -0.05) is 12.8 Å². The third-order valence-electron chi connectivity index (χ3n) is 3.74. The molecular weight excluding hydrogens is 339 g/mol. The molecule has 2 heterocycles. The summed E-state index contributed by atoms with van der Waals surface area (Å²) in [5, 5.41) is 0. The highest BCUT2D eigenvalue weighted by Gasteiger charge is 2.29. The summed E-state index contributed by atoms with van der Waals surface area (Å²) in [6.45, 7) is 2.15. The highest BCUT2D eigenvalue weighted by molar-refractivity contribution is 14.1. The molecule has 1 saturated heterocycles. The van der Waals surface area contributed by atoms with Gasteiger partial charge >= 0.3 is 0 Å². The molecule has 1 aliphatic heterocycles. The molecule has 5 heteroatoms. The summed E-state index contributed by atoms with van der Waals surface area (Å²) in [5.41, 5.74) is 7.23. The van der Waals surface area contributed by atoms with Gasteiger partial charge in [-0.25, -0.2) is 4.98 Å². The van der Waals surface area contributed by atoms with E-state index in [-0.39, 0.29) is 0 Å². The maximum absolute atomic E-state index is 6.05. The van der Waals surface area contributed by atoms with Gasteiger partial charge in [-0.15, -0.1) is 0 Å². The number of hydrogen-bond acceptors (Lipinski definition) is 4. The van der Waals surface area contributed by atoms with Crippen molar-refractivity contribution in [2.45, 2.75) is 44.4 Å². The third-order valence-corrected chi connectivity index (χ3v) is 4.85. The maximum atomic E-state index is 6.05. The first-order valence-electron chi connectivity index (χ1n) is 6.83. The molecule has 0 unspecified atom stereocenters. The number of nitrogens with two attached hydrogens (primary N) is 1. The Morgan fingerprint density at radius 2 is 1.72 bits per heavy atom. The van der Waals surface area contributed by atoms with Gasteiger partial charge in [0.05, 0.1) is 9.26 Å². The van der Waals surface area contributed by atoms with Crippen molar-refractivity contribution in [1.29, 1.82) is 0 Å². The summed E-state index contributed by atoms with van der Waals surface area (Å²) in [6, 6.07) is 0. The standard InChI is InChI=1S/C13H19IN4/c14-10-11(9-5-6-9)16-13(17-12(10)15)18-7-3-1-2-4-8-18/h9H,1-8H2,(H2,15,16,17). The van der Waals surface area contributed by atoms with Crippen LogP contribution in [0.25, 0.3) is 0 Å². The van der Waals surface area contributed by atoms with Gasteiger partial charge in [0.2, 0.25) is 5.95 Å². The molecule has 1 aromatic heterocycles. The van der Waals surface area contributed by atoms with Gasteiger partial charge in [-0.3, -0.25) is 0 Å². The smallest absolute Gasteiger partial charge is 0.227 e. The zero-order chi connectivity index (χ0) is 12.5. The normalized spacial score (nSPS) is 20.8. The van der Waals surface area contributed by atoms with E-state index in [2.05, 4.69) is 32.5 Å². The Bertz CT molecular complexity index is 437. The fourth-order valence-corrected chi connectivity index (χ4v) is 3.19. The van der Waals surface area contributed by atoms with Crippen molar-refractivity contribution in [1.82, 2.24) is 9.97 Å². The zero-order valence-corrected chi connectivity index (χ0v) is 12.7. The summed E-state index contributed by atoms with van der Waals surface area (Å²) in [4.78, 5) is 11.6. The minimum absolute atomic E-state index is 0.632. The van der Waals surface area contributed by atoms with Gasteiger partial charge in [0.1, 0.15) is 5.82 Å². The maximum Gasteiger partial charge on any atom is 0.227 e. The first-order valence-corrected chi connectivity index (χ1v) is 7.91. The molecule has 1 aliphatic carbocycles. The second kappa shape index (κ2) is 5.19. The quantitative estimate of drug-likeness (QED) is 0.826. The van der Waals surface area contributed by atoms with Crippen molar-refractivity contribution in [2.75, 3.05) is 23.7 Å². The van der Waals surface area contributed by atoms with E-state index in [4.69, 9.17) is 10.7 Å². The fraction of sp³-hybridized carbons (Fsp3) is 0.692. The lowest BCUT2D eigenvalue weighted by atomic mass is 10.2. The number of aromatic nitrogens is 2. The highest BCUT2D eigenvalue weighted by Crippen LogP contribution is 2.42. The van der Waals surface area contributed by atoms with E-state index in [1.165, 1.54) is 44.2 Å². The molecule has 0 amide bonds. The minimum atomic E-state index is 0.632. The van der Waals surface area contributed by atoms with Crippen LogP contribution in [-0.2, 0) is 0 Å². The van der Waals surface area contributed by atoms with Gasteiger partial charge in [-0.05, 0) is 48.3 Å². The molecule has 1 saturated carbocycles. The number of rotatable bonds is 2. The monoisotopic (exact) mass is 358 g/mol. The number of nitrogen functional groups attached to an aromatic ring is 1. The third kappa shape index (κ3) is 2.55. The Balaban J connectivity index is 1.90. The first-order chi connectivity index (χ1) is 8.75. The van der Waals surface area contributed by atoms with Crippen LogP contribution in [0, 0.1) is 3.57 Å². The van der Waals surface area contributed by atoms with Gasteiger partial charge in [0.15, 0.2) is 0 Å². The average Bonchev–Trinajstić information content (AvgIpc) is 3.17. The highest BCUT2D eigenvalue weighted by atomic mass is 127. The van der Waals surface area contributed by atoms with E-state index in [0.717, 1.165) is 22.6 Å². The molecule has 0 spiro atoms. The average molecular weight is 358 g/mol. The molecule has 18 heavy (non-hydrogen) atoms. The SMILES string of the molecule is Nc1nc(N2CCCCCC2)nc(C2CC2)c1I. The Morgan fingerprint density at radius 1 is 1.06 bits per heavy atom. The van der Waals surface area contributed by atoms with Crippen molar-refractivity contribution in [3.8, 4) is 0 Å². The van der Waals surface area contributed by atoms with Crippen LogP contribution in [0.1, 0.15) is 50.1 Å². The molecule has 0 aromatic carbocycles. The second-order valence-electron chi connectivity index (χ2n) is 5.28. The number of anilines is 2. The van der Waals surface area contributed by atoms with Gasteiger partial charge < -0.3 is 10.6 Å². The van der Waals surface area contributed by atoms with Crippen molar-refractivity contribution in [2.24, 2.45) is 0 Å². The van der Waals surface area contributed by atoms with E-state index >= 15 is 0 Å².